The fraction of sp³-hybridized carbons (Fsp3) is 0.632. The van der Waals surface area contributed by atoms with E-state index in [0.717, 1.165) is 47.3 Å². The molecule has 0 aliphatic heterocycles. The zero-order chi connectivity index (χ0) is 16.9. The van der Waals surface area contributed by atoms with E-state index in [1.807, 2.05) is 25.2 Å². The molecule has 0 atom stereocenters. The van der Waals surface area contributed by atoms with Crippen LogP contribution < -0.4 is 20.1 Å². The van der Waals surface area contributed by atoms with Crippen molar-refractivity contribution in [3.05, 3.63) is 23.8 Å². The first-order valence-electron chi connectivity index (χ1n) is 8.90. The molecule has 24 heavy (non-hydrogen) atoms. The summed E-state index contributed by atoms with van der Waals surface area (Å²) in [5.41, 5.74) is 1.14. The number of methoxy groups -OCH3 is 2. The van der Waals surface area contributed by atoms with Crippen LogP contribution in [0.4, 0.5) is 0 Å². The van der Waals surface area contributed by atoms with Gasteiger partial charge in [-0.3, -0.25) is 4.99 Å². The quantitative estimate of drug-likeness (QED) is 0.568. The first kappa shape index (κ1) is 16.9. The van der Waals surface area contributed by atoms with Gasteiger partial charge in [0.1, 0.15) is 0 Å². The normalized spacial score (nSPS) is 17.8. The van der Waals surface area contributed by atoms with Crippen molar-refractivity contribution in [2.45, 2.75) is 32.2 Å². The fourth-order valence-electron chi connectivity index (χ4n) is 3.38. The maximum absolute atomic E-state index is 5.36. The fourth-order valence-corrected chi connectivity index (χ4v) is 3.38. The molecule has 0 aromatic heterocycles. The van der Waals surface area contributed by atoms with Crippen LogP contribution in [-0.2, 0) is 6.54 Å². The van der Waals surface area contributed by atoms with Gasteiger partial charge in [0.05, 0.1) is 14.2 Å². The van der Waals surface area contributed by atoms with E-state index in [-0.39, 0.29) is 0 Å². The molecule has 2 fully saturated rings. The van der Waals surface area contributed by atoms with Crippen molar-refractivity contribution < 1.29 is 9.47 Å². The highest BCUT2D eigenvalue weighted by molar-refractivity contribution is 5.79. The second-order valence-corrected chi connectivity index (χ2v) is 6.83. The van der Waals surface area contributed by atoms with Crippen LogP contribution in [0, 0.1) is 17.8 Å². The minimum atomic E-state index is 0.706. The molecule has 2 N–H and O–H groups in total. The van der Waals surface area contributed by atoms with Crippen molar-refractivity contribution in [3.8, 4) is 11.5 Å². The van der Waals surface area contributed by atoms with E-state index >= 15 is 0 Å². The maximum atomic E-state index is 5.36. The van der Waals surface area contributed by atoms with E-state index in [9.17, 15) is 0 Å². The van der Waals surface area contributed by atoms with Crippen LogP contribution in [0.5, 0.6) is 11.5 Å². The van der Waals surface area contributed by atoms with E-state index in [2.05, 4.69) is 15.6 Å². The third kappa shape index (κ3) is 4.34. The molecule has 1 aromatic rings. The zero-order valence-electron chi connectivity index (χ0n) is 15.0. The van der Waals surface area contributed by atoms with Gasteiger partial charge in [-0.05, 0) is 61.1 Å². The van der Waals surface area contributed by atoms with Gasteiger partial charge in [-0.1, -0.05) is 6.07 Å². The van der Waals surface area contributed by atoms with Crippen LogP contribution >= 0.6 is 0 Å². The van der Waals surface area contributed by atoms with Gasteiger partial charge >= 0.3 is 0 Å². The first-order valence-corrected chi connectivity index (χ1v) is 8.90. The average molecular weight is 331 g/mol. The molecule has 0 radical (unpaired) electrons. The average Bonchev–Trinajstić information content (AvgIpc) is 3.51. The number of guanidine groups is 1. The summed E-state index contributed by atoms with van der Waals surface area (Å²) in [5, 5.41) is 6.91. The van der Waals surface area contributed by atoms with Crippen molar-refractivity contribution in [2.24, 2.45) is 22.7 Å². The molecule has 3 rings (SSSR count). The van der Waals surface area contributed by atoms with E-state index in [1.165, 1.54) is 25.7 Å². The Morgan fingerprint density at radius 1 is 1.08 bits per heavy atom. The highest BCUT2D eigenvalue weighted by Gasteiger charge is 2.41. The predicted molar refractivity (Wildman–Crippen MR) is 96.7 cm³/mol. The summed E-state index contributed by atoms with van der Waals surface area (Å²) in [6.45, 7) is 1.75. The molecule has 0 saturated heterocycles. The Bertz CT molecular complexity index is 568. The molecule has 5 nitrogen and oxygen atoms in total. The highest BCUT2D eigenvalue weighted by atomic mass is 16.5. The number of benzene rings is 1. The second-order valence-electron chi connectivity index (χ2n) is 6.83. The number of rotatable bonds is 8. The van der Waals surface area contributed by atoms with E-state index in [0.29, 0.717) is 6.54 Å². The first-order chi connectivity index (χ1) is 11.7. The van der Waals surface area contributed by atoms with Crippen LogP contribution in [-0.4, -0.2) is 33.8 Å². The van der Waals surface area contributed by atoms with Gasteiger partial charge in [0, 0.05) is 20.1 Å². The molecule has 1 aromatic carbocycles. The van der Waals surface area contributed by atoms with Crippen molar-refractivity contribution in [1.82, 2.24) is 10.6 Å². The molecule has 0 unspecified atom stereocenters. The molecule has 0 bridgehead atoms. The van der Waals surface area contributed by atoms with Crippen molar-refractivity contribution >= 4 is 5.96 Å². The standard InChI is InChI=1S/C19H29N3O2/c1-20-19(22-12-16(14-5-6-14)15-7-8-15)21-11-13-4-9-17(23-2)18(10-13)24-3/h4,9-10,14-16H,5-8,11-12H2,1-3H3,(H2,20,21,22). The Morgan fingerprint density at radius 3 is 2.29 bits per heavy atom. The number of nitrogens with one attached hydrogen (secondary N) is 2. The topological polar surface area (TPSA) is 54.9 Å². The second kappa shape index (κ2) is 7.77. The Hall–Kier alpha value is -1.91. The summed E-state index contributed by atoms with van der Waals surface area (Å²) in [7, 11) is 5.14. The summed E-state index contributed by atoms with van der Waals surface area (Å²) >= 11 is 0. The largest absolute Gasteiger partial charge is 0.493 e. The molecule has 0 amide bonds. The van der Waals surface area contributed by atoms with Crippen LogP contribution in [0.2, 0.25) is 0 Å². The lowest BCUT2D eigenvalue weighted by molar-refractivity contribution is 0.354. The lowest BCUT2D eigenvalue weighted by Gasteiger charge is -2.19. The van der Waals surface area contributed by atoms with Gasteiger partial charge in [0.2, 0.25) is 0 Å². The molecule has 5 heteroatoms. The van der Waals surface area contributed by atoms with Crippen molar-refractivity contribution in [2.75, 3.05) is 27.8 Å². The van der Waals surface area contributed by atoms with Gasteiger partial charge in [0.15, 0.2) is 17.5 Å². The van der Waals surface area contributed by atoms with Gasteiger partial charge in [0.25, 0.3) is 0 Å². The van der Waals surface area contributed by atoms with Gasteiger partial charge in [-0.15, -0.1) is 0 Å². The minimum absolute atomic E-state index is 0.706. The van der Waals surface area contributed by atoms with E-state index in [4.69, 9.17) is 9.47 Å². The molecule has 2 aliphatic rings. The summed E-state index contributed by atoms with van der Waals surface area (Å²) in [6.07, 6.45) is 5.67. The molecule has 2 saturated carbocycles. The lowest BCUT2D eigenvalue weighted by atomic mass is 9.98. The SMILES string of the molecule is CN=C(NCc1ccc(OC)c(OC)c1)NCC(C1CC1)C1CC1. The van der Waals surface area contributed by atoms with Crippen LogP contribution in [0.3, 0.4) is 0 Å². The van der Waals surface area contributed by atoms with Crippen LogP contribution in [0.25, 0.3) is 0 Å². The highest BCUT2D eigenvalue weighted by Crippen LogP contribution is 2.48. The Kier molecular flexibility index (Phi) is 5.48. The monoisotopic (exact) mass is 331 g/mol. The zero-order valence-corrected chi connectivity index (χ0v) is 15.0. The smallest absolute Gasteiger partial charge is 0.191 e. The van der Waals surface area contributed by atoms with E-state index in [1.54, 1.807) is 14.2 Å². The van der Waals surface area contributed by atoms with Gasteiger partial charge in [-0.25, -0.2) is 0 Å². The maximum Gasteiger partial charge on any atom is 0.191 e. The van der Waals surface area contributed by atoms with Crippen LogP contribution in [0.1, 0.15) is 31.2 Å². The predicted octanol–water partition coefficient (Wildman–Crippen LogP) is 2.81. The lowest BCUT2D eigenvalue weighted by Crippen LogP contribution is -2.40. The van der Waals surface area contributed by atoms with Crippen molar-refractivity contribution in [1.29, 1.82) is 0 Å². The summed E-state index contributed by atoms with van der Waals surface area (Å²) < 4.78 is 10.6. The summed E-state index contributed by atoms with van der Waals surface area (Å²) in [6, 6.07) is 5.97. The molecule has 132 valence electrons. The number of nitrogens with zero attached hydrogens (tertiary/aromatic N) is 1. The van der Waals surface area contributed by atoms with Gasteiger partial charge < -0.3 is 20.1 Å². The van der Waals surface area contributed by atoms with Gasteiger partial charge in [-0.2, -0.15) is 0 Å². The minimum Gasteiger partial charge on any atom is -0.493 e. The van der Waals surface area contributed by atoms with Crippen molar-refractivity contribution in [3.63, 3.8) is 0 Å². The molecule has 0 heterocycles. The summed E-state index contributed by atoms with van der Waals surface area (Å²) in [4.78, 5) is 4.35. The third-order valence-corrected chi connectivity index (χ3v) is 5.09. The Balaban J connectivity index is 1.50. The third-order valence-electron chi connectivity index (χ3n) is 5.09. The molecular weight excluding hydrogens is 302 g/mol. The van der Waals surface area contributed by atoms with Crippen LogP contribution in [0.15, 0.2) is 23.2 Å². The number of ether oxygens (including phenoxy) is 2. The molecule has 0 spiro atoms. The van der Waals surface area contributed by atoms with E-state index < -0.39 is 0 Å². The number of aliphatic imine (C=N–C) groups is 1. The molecular formula is C19H29N3O2. The number of hydrogen-bond acceptors (Lipinski definition) is 3. The Morgan fingerprint density at radius 2 is 1.75 bits per heavy atom. The Labute approximate surface area is 144 Å². The summed E-state index contributed by atoms with van der Waals surface area (Å²) in [5.74, 6) is 5.12. The molecule has 2 aliphatic carbocycles. The number of hydrogen-bond donors (Lipinski definition) is 2.